The minimum Gasteiger partial charge on any atom is -0.338 e. The van der Waals surface area contributed by atoms with Gasteiger partial charge < -0.3 is 15.2 Å². The predicted octanol–water partition coefficient (Wildman–Crippen LogP) is 3.23. The second-order valence-electron chi connectivity index (χ2n) is 7.69. The first-order chi connectivity index (χ1) is 13.4. The largest absolute Gasteiger partial charge is 0.338 e. The molecule has 0 saturated carbocycles. The minimum absolute atomic E-state index is 0.0469. The van der Waals surface area contributed by atoms with Crippen molar-refractivity contribution in [2.75, 3.05) is 13.1 Å². The lowest BCUT2D eigenvalue weighted by molar-refractivity contribution is 0.0784. The van der Waals surface area contributed by atoms with Gasteiger partial charge in [-0.2, -0.15) is 0 Å². The quantitative estimate of drug-likeness (QED) is 0.736. The van der Waals surface area contributed by atoms with E-state index in [0.717, 1.165) is 16.4 Å². The molecular formula is C21H25N5OS. The van der Waals surface area contributed by atoms with Crippen molar-refractivity contribution in [2.45, 2.75) is 31.7 Å². The first-order valence-electron chi connectivity index (χ1n) is 9.52. The van der Waals surface area contributed by atoms with Crippen LogP contribution in [0.25, 0.3) is 10.6 Å². The molecule has 0 radical (unpaired) electrons. The van der Waals surface area contributed by atoms with Gasteiger partial charge in [0.15, 0.2) is 0 Å². The van der Waals surface area contributed by atoms with E-state index in [2.05, 4.69) is 48.1 Å². The first kappa shape index (κ1) is 18.8. The van der Waals surface area contributed by atoms with Crippen molar-refractivity contribution in [1.82, 2.24) is 19.4 Å². The van der Waals surface area contributed by atoms with Gasteiger partial charge in [0.1, 0.15) is 16.5 Å². The van der Waals surface area contributed by atoms with E-state index in [1.807, 2.05) is 23.2 Å². The molecule has 3 aromatic rings. The Morgan fingerprint density at radius 1 is 1.25 bits per heavy atom. The molecule has 6 nitrogen and oxygen atoms in total. The molecule has 0 bridgehead atoms. The lowest BCUT2D eigenvalue weighted by Crippen LogP contribution is -2.32. The summed E-state index contributed by atoms with van der Waals surface area (Å²) in [6.45, 7) is 5.44. The summed E-state index contributed by atoms with van der Waals surface area (Å²) in [7, 11) is 1.96. The van der Waals surface area contributed by atoms with Crippen molar-refractivity contribution in [3.63, 3.8) is 0 Å². The molecule has 3 heterocycles. The van der Waals surface area contributed by atoms with Crippen LogP contribution in [-0.4, -0.2) is 44.5 Å². The molecule has 1 aromatic carbocycles. The highest BCUT2D eigenvalue weighted by molar-refractivity contribution is 7.13. The maximum atomic E-state index is 13.0. The molecule has 0 aliphatic carbocycles. The Morgan fingerprint density at radius 3 is 2.64 bits per heavy atom. The van der Waals surface area contributed by atoms with Crippen LogP contribution in [0.3, 0.4) is 0 Å². The molecular weight excluding hydrogens is 370 g/mol. The number of thiazole rings is 1. The van der Waals surface area contributed by atoms with Crippen molar-refractivity contribution in [2.24, 2.45) is 12.8 Å². The Labute approximate surface area is 169 Å². The number of imidazole rings is 1. The molecule has 146 valence electrons. The number of benzene rings is 1. The first-order valence-corrected chi connectivity index (χ1v) is 10.4. The summed E-state index contributed by atoms with van der Waals surface area (Å²) in [6.07, 6.45) is 3.67. The number of hydrogen-bond acceptors (Lipinski definition) is 5. The van der Waals surface area contributed by atoms with Crippen LogP contribution >= 0.6 is 11.3 Å². The summed E-state index contributed by atoms with van der Waals surface area (Å²) in [6, 6.07) is 8.28. The smallest absolute Gasteiger partial charge is 0.273 e. The van der Waals surface area contributed by atoms with E-state index >= 15 is 0 Å². The van der Waals surface area contributed by atoms with Crippen LogP contribution in [-0.2, 0) is 7.05 Å². The summed E-state index contributed by atoms with van der Waals surface area (Å²) < 4.78 is 1.97. The SMILES string of the molecule is CC(C)c1ccc(-c2nc(C(=O)N3C[C@@H](N)[C@H](c4nccn4C)C3)cs2)cc1. The summed E-state index contributed by atoms with van der Waals surface area (Å²) >= 11 is 1.50. The fourth-order valence-electron chi connectivity index (χ4n) is 3.68. The summed E-state index contributed by atoms with van der Waals surface area (Å²) in [4.78, 5) is 23.8. The standard InChI is InChI=1S/C21H25N5OS/c1-13(2)14-4-6-15(7-5-14)20-24-18(12-28-20)21(27)26-10-16(17(22)11-26)19-23-8-9-25(19)3/h4-9,12-13,16-17H,10-11,22H2,1-3H3/t16-,17-/m1/s1. The van der Waals surface area contributed by atoms with Crippen LogP contribution in [0.1, 0.15) is 47.6 Å². The van der Waals surface area contributed by atoms with E-state index in [0.29, 0.717) is 24.7 Å². The number of hydrogen-bond donors (Lipinski definition) is 1. The number of carbonyl (C=O) groups excluding carboxylic acids is 1. The second-order valence-corrected chi connectivity index (χ2v) is 8.55. The Morgan fingerprint density at radius 2 is 2.00 bits per heavy atom. The Bertz CT molecular complexity index is 975. The van der Waals surface area contributed by atoms with Crippen molar-refractivity contribution in [3.8, 4) is 10.6 Å². The number of likely N-dealkylation sites (tertiary alicyclic amines) is 1. The van der Waals surface area contributed by atoms with Gasteiger partial charge in [-0.25, -0.2) is 9.97 Å². The molecule has 1 aliphatic heterocycles. The molecule has 2 N–H and O–H groups in total. The lowest BCUT2D eigenvalue weighted by Gasteiger charge is -2.15. The van der Waals surface area contributed by atoms with E-state index in [-0.39, 0.29) is 17.9 Å². The van der Waals surface area contributed by atoms with Gasteiger partial charge in [0.2, 0.25) is 0 Å². The van der Waals surface area contributed by atoms with E-state index in [9.17, 15) is 4.79 Å². The van der Waals surface area contributed by atoms with Gasteiger partial charge in [0.05, 0.1) is 5.92 Å². The average Bonchev–Trinajstić information content (AvgIpc) is 3.41. The number of aryl methyl sites for hydroxylation is 1. The summed E-state index contributed by atoms with van der Waals surface area (Å²) in [5, 5.41) is 2.70. The van der Waals surface area contributed by atoms with Gasteiger partial charge in [0, 0.05) is 49.5 Å². The van der Waals surface area contributed by atoms with Gasteiger partial charge in [-0.15, -0.1) is 11.3 Å². The molecule has 1 aliphatic rings. The summed E-state index contributed by atoms with van der Waals surface area (Å²) in [5.41, 5.74) is 9.14. The highest BCUT2D eigenvalue weighted by Crippen LogP contribution is 2.29. The second kappa shape index (κ2) is 7.48. The Kier molecular flexibility index (Phi) is 5.03. The van der Waals surface area contributed by atoms with E-state index in [1.165, 1.54) is 16.9 Å². The van der Waals surface area contributed by atoms with Crippen LogP contribution in [0.4, 0.5) is 0 Å². The van der Waals surface area contributed by atoms with Crippen LogP contribution in [0.5, 0.6) is 0 Å². The zero-order valence-electron chi connectivity index (χ0n) is 16.4. The average molecular weight is 396 g/mol. The Hall–Kier alpha value is -2.51. The maximum absolute atomic E-state index is 13.0. The van der Waals surface area contributed by atoms with E-state index < -0.39 is 0 Å². The molecule has 4 rings (SSSR count). The van der Waals surface area contributed by atoms with Crippen LogP contribution in [0.15, 0.2) is 42.0 Å². The number of amides is 1. The summed E-state index contributed by atoms with van der Waals surface area (Å²) in [5.74, 6) is 1.40. The van der Waals surface area contributed by atoms with Gasteiger partial charge in [-0.3, -0.25) is 4.79 Å². The fraction of sp³-hybridized carbons (Fsp3) is 0.381. The third kappa shape index (κ3) is 3.47. The molecule has 0 unspecified atom stereocenters. The lowest BCUT2D eigenvalue weighted by atomic mass is 10.0. The zero-order chi connectivity index (χ0) is 19.8. The van der Waals surface area contributed by atoms with Crippen LogP contribution in [0.2, 0.25) is 0 Å². The molecule has 1 saturated heterocycles. The van der Waals surface area contributed by atoms with Crippen molar-refractivity contribution < 1.29 is 4.79 Å². The zero-order valence-corrected chi connectivity index (χ0v) is 17.2. The molecule has 2 aromatic heterocycles. The molecule has 1 fully saturated rings. The minimum atomic E-state index is -0.119. The van der Waals surface area contributed by atoms with E-state index in [4.69, 9.17) is 5.73 Å². The van der Waals surface area contributed by atoms with Crippen LogP contribution in [0, 0.1) is 0 Å². The van der Waals surface area contributed by atoms with Gasteiger partial charge in [0.25, 0.3) is 5.91 Å². The maximum Gasteiger partial charge on any atom is 0.273 e. The number of aromatic nitrogens is 3. The molecule has 1 amide bonds. The number of nitrogens with zero attached hydrogens (tertiary/aromatic N) is 4. The van der Waals surface area contributed by atoms with Gasteiger partial charge in [-0.05, 0) is 11.5 Å². The van der Waals surface area contributed by atoms with E-state index in [1.54, 1.807) is 11.1 Å². The fourth-order valence-corrected chi connectivity index (χ4v) is 4.48. The number of carbonyl (C=O) groups is 1. The highest BCUT2D eigenvalue weighted by atomic mass is 32.1. The van der Waals surface area contributed by atoms with Gasteiger partial charge in [-0.1, -0.05) is 38.1 Å². The topological polar surface area (TPSA) is 77.0 Å². The Balaban J connectivity index is 1.50. The normalized spacial score (nSPS) is 19.5. The molecule has 28 heavy (non-hydrogen) atoms. The molecule has 2 atom stereocenters. The number of nitrogens with two attached hydrogens (primary N) is 1. The predicted molar refractivity (Wildman–Crippen MR) is 111 cm³/mol. The molecule has 0 spiro atoms. The third-order valence-electron chi connectivity index (χ3n) is 5.39. The molecule has 7 heteroatoms. The number of rotatable bonds is 4. The third-order valence-corrected chi connectivity index (χ3v) is 6.28. The van der Waals surface area contributed by atoms with Crippen molar-refractivity contribution >= 4 is 17.2 Å². The van der Waals surface area contributed by atoms with Gasteiger partial charge >= 0.3 is 0 Å². The highest BCUT2D eigenvalue weighted by Gasteiger charge is 2.37. The van der Waals surface area contributed by atoms with Crippen LogP contribution < -0.4 is 5.73 Å². The van der Waals surface area contributed by atoms with Crippen molar-refractivity contribution in [3.05, 3.63) is 59.1 Å². The van der Waals surface area contributed by atoms with Crippen molar-refractivity contribution in [1.29, 1.82) is 0 Å². The monoisotopic (exact) mass is 395 g/mol.